The van der Waals surface area contributed by atoms with Gasteiger partial charge in [-0.1, -0.05) is 38.1 Å². The molecule has 31 heavy (non-hydrogen) atoms. The average Bonchev–Trinajstić information content (AvgIpc) is 2.71. The van der Waals surface area contributed by atoms with Crippen molar-refractivity contribution in [3.05, 3.63) is 52.5 Å². The molecule has 1 aromatic carbocycles. The van der Waals surface area contributed by atoms with Crippen LogP contribution < -0.4 is 4.90 Å². The zero-order chi connectivity index (χ0) is 22.4. The van der Waals surface area contributed by atoms with Crippen LogP contribution in [0.1, 0.15) is 42.1 Å². The largest absolute Gasteiger partial charge is 0.389 e. The Morgan fingerprint density at radius 3 is 2.39 bits per heavy atom. The van der Waals surface area contributed by atoms with Crippen molar-refractivity contribution in [2.45, 2.75) is 47.1 Å². The Hall–Kier alpha value is -2.02. The number of benzene rings is 1. The lowest BCUT2D eigenvalue weighted by molar-refractivity contribution is 0.00745. The molecule has 1 atom stereocenters. The van der Waals surface area contributed by atoms with Crippen molar-refractivity contribution >= 4 is 5.82 Å². The predicted octanol–water partition coefficient (Wildman–Crippen LogP) is 3.15. The molecule has 1 aliphatic heterocycles. The number of rotatable bonds is 9. The summed E-state index contributed by atoms with van der Waals surface area (Å²) >= 11 is 0. The van der Waals surface area contributed by atoms with Gasteiger partial charge in [0.1, 0.15) is 11.6 Å². The molecule has 2 heterocycles. The standard InChI is InChI=1S/C25H38N4O2/c1-18(2)16-31-17-23(30)15-28-10-12-29(13-11-28)25-24(20(4)26-21(5)27-25)14-22-9-7-6-8-19(22)3/h6-9,18,23,30H,10-17H2,1-5H3/t23-/m1/s1. The van der Waals surface area contributed by atoms with E-state index in [1.807, 2.05) is 6.92 Å². The molecule has 6 nitrogen and oxygen atoms in total. The average molecular weight is 427 g/mol. The summed E-state index contributed by atoms with van der Waals surface area (Å²) in [7, 11) is 0. The van der Waals surface area contributed by atoms with Crippen molar-refractivity contribution in [1.82, 2.24) is 14.9 Å². The third kappa shape index (κ3) is 6.73. The molecule has 6 heteroatoms. The van der Waals surface area contributed by atoms with Crippen molar-refractivity contribution in [3.63, 3.8) is 0 Å². The van der Waals surface area contributed by atoms with Gasteiger partial charge in [-0.15, -0.1) is 0 Å². The third-order valence-corrected chi connectivity index (χ3v) is 5.83. The SMILES string of the molecule is Cc1nc(C)c(Cc2ccccc2C)c(N2CCN(C[C@@H](O)COCC(C)C)CC2)n1. The second-order valence-electron chi connectivity index (χ2n) is 9.13. The lowest BCUT2D eigenvalue weighted by Gasteiger charge is -2.37. The highest BCUT2D eigenvalue weighted by atomic mass is 16.5. The minimum atomic E-state index is -0.439. The number of β-amino-alcohol motifs (C(OH)–C–C–N with tert-alkyl or cyclic N) is 1. The summed E-state index contributed by atoms with van der Waals surface area (Å²) in [5.74, 6) is 2.37. The van der Waals surface area contributed by atoms with Crippen LogP contribution in [0, 0.1) is 26.7 Å². The van der Waals surface area contributed by atoms with Gasteiger partial charge < -0.3 is 14.7 Å². The van der Waals surface area contributed by atoms with Crippen LogP contribution in [0.2, 0.25) is 0 Å². The van der Waals surface area contributed by atoms with Crippen molar-refractivity contribution < 1.29 is 9.84 Å². The molecule has 0 aliphatic carbocycles. The minimum Gasteiger partial charge on any atom is -0.389 e. The molecule has 1 fully saturated rings. The summed E-state index contributed by atoms with van der Waals surface area (Å²) in [5.41, 5.74) is 4.90. The molecule has 0 bridgehead atoms. The van der Waals surface area contributed by atoms with Gasteiger partial charge in [-0.05, 0) is 37.8 Å². The van der Waals surface area contributed by atoms with E-state index in [0.717, 1.165) is 49.9 Å². The van der Waals surface area contributed by atoms with E-state index >= 15 is 0 Å². The summed E-state index contributed by atoms with van der Waals surface area (Å²) < 4.78 is 5.59. The van der Waals surface area contributed by atoms with Crippen molar-refractivity contribution in [2.75, 3.05) is 50.8 Å². The summed E-state index contributed by atoms with van der Waals surface area (Å²) in [6.45, 7) is 15.8. The van der Waals surface area contributed by atoms with E-state index in [9.17, 15) is 5.11 Å². The van der Waals surface area contributed by atoms with Crippen LogP contribution in [-0.4, -0.2) is 72.0 Å². The molecular formula is C25H38N4O2. The summed E-state index contributed by atoms with van der Waals surface area (Å²) in [5, 5.41) is 10.3. The maximum Gasteiger partial charge on any atom is 0.136 e. The van der Waals surface area contributed by atoms with Gasteiger partial charge in [0.2, 0.25) is 0 Å². The number of aliphatic hydroxyl groups is 1. The van der Waals surface area contributed by atoms with Crippen molar-refractivity contribution in [1.29, 1.82) is 0 Å². The summed E-state index contributed by atoms with van der Waals surface area (Å²) in [4.78, 5) is 14.2. The van der Waals surface area contributed by atoms with E-state index in [2.05, 4.69) is 66.7 Å². The van der Waals surface area contributed by atoms with Crippen LogP contribution in [0.3, 0.4) is 0 Å². The van der Waals surface area contributed by atoms with Gasteiger partial charge >= 0.3 is 0 Å². The number of hydrogen-bond acceptors (Lipinski definition) is 6. The molecule has 0 saturated carbocycles. The monoisotopic (exact) mass is 426 g/mol. The number of aryl methyl sites for hydroxylation is 3. The molecule has 0 spiro atoms. The third-order valence-electron chi connectivity index (χ3n) is 5.83. The Morgan fingerprint density at radius 2 is 1.71 bits per heavy atom. The van der Waals surface area contributed by atoms with Gasteiger partial charge in [-0.3, -0.25) is 4.90 Å². The summed E-state index contributed by atoms with van der Waals surface area (Å²) in [6, 6.07) is 8.54. The Kier molecular flexibility index (Phi) is 8.41. The fraction of sp³-hybridized carbons (Fsp3) is 0.600. The first-order valence-electron chi connectivity index (χ1n) is 11.4. The second-order valence-corrected chi connectivity index (χ2v) is 9.13. The minimum absolute atomic E-state index is 0.406. The fourth-order valence-corrected chi connectivity index (χ4v) is 4.12. The van der Waals surface area contributed by atoms with E-state index < -0.39 is 6.10 Å². The fourth-order valence-electron chi connectivity index (χ4n) is 4.12. The maximum atomic E-state index is 10.3. The zero-order valence-electron chi connectivity index (χ0n) is 19.8. The number of nitrogens with zero attached hydrogens (tertiary/aromatic N) is 4. The maximum absolute atomic E-state index is 10.3. The highest BCUT2D eigenvalue weighted by molar-refractivity contribution is 5.52. The first kappa shape index (κ1) is 23.6. The molecule has 0 radical (unpaired) electrons. The number of ether oxygens (including phenoxy) is 1. The van der Waals surface area contributed by atoms with Crippen molar-refractivity contribution in [2.24, 2.45) is 5.92 Å². The van der Waals surface area contributed by atoms with Gasteiger partial charge in [0.25, 0.3) is 0 Å². The molecule has 1 saturated heterocycles. The van der Waals surface area contributed by atoms with Crippen LogP contribution >= 0.6 is 0 Å². The van der Waals surface area contributed by atoms with Crippen LogP contribution in [0.15, 0.2) is 24.3 Å². The number of piperazine rings is 1. The first-order valence-corrected chi connectivity index (χ1v) is 11.4. The zero-order valence-corrected chi connectivity index (χ0v) is 19.8. The lowest BCUT2D eigenvalue weighted by atomic mass is 9.99. The van der Waals surface area contributed by atoms with Crippen LogP contribution in [0.5, 0.6) is 0 Å². The molecule has 170 valence electrons. The molecular weight excluding hydrogens is 388 g/mol. The van der Waals surface area contributed by atoms with E-state index in [0.29, 0.717) is 25.7 Å². The van der Waals surface area contributed by atoms with E-state index in [-0.39, 0.29) is 0 Å². The van der Waals surface area contributed by atoms with Gasteiger partial charge in [0.05, 0.1) is 12.7 Å². The molecule has 1 aromatic heterocycles. The Balaban J connectivity index is 1.64. The second kappa shape index (κ2) is 11.0. The Bertz CT molecular complexity index is 847. The summed E-state index contributed by atoms with van der Waals surface area (Å²) in [6.07, 6.45) is 0.408. The van der Waals surface area contributed by atoms with Crippen molar-refractivity contribution in [3.8, 4) is 0 Å². The van der Waals surface area contributed by atoms with Crippen LogP contribution in [-0.2, 0) is 11.2 Å². The van der Waals surface area contributed by atoms with E-state index in [1.54, 1.807) is 0 Å². The van der Waals surface area contributed by atoms with Crippen LogP contribution in [0.25, 0.3) is 0 Å². The van der Waals surface area contributed by atoms with E-state index in [1.165, 1.54) is 16.7 Å². The highest BCUT2D eigenvalue weighted by Crippen LogP contribution is 2.26. The number of aromatic nitrogens is 2. The van der Waals surface area contributed by atoms with Gasteiger partial charge in [0, 0.05) is 57.0 Å². The lowest BCUT2D eigenvalue weighted by Crippen LogP contribution is -2.49. The molecule has 1 aliphatic rings. The molecule has 0 unspecified atom stereocenters. The highest BCUT2D eigenvalue weighted by Gasteiger charge is 2.23. The number of anilines is 1. The molecule has 2 aromatic rings. The van der Waals surface area contributed by atoms with Crippen LogP contribution in [0.4, 0.5) is 5.82 Å². The Morgan fingerprint density at radius 1 is 1.00 bits per heavy atom. The quantitative estimate of drug-likeness (QED) is 0.665. The topological polar surface area (TPSA) is 61.7 Å². The van der Waals surface area contributed by atoms with Gasteiger partial charge in [-0.25, -0.2) is 9.97 Å². The first-order chi connectivity index (χ1) is 14.8. The van der Waals surface area contributed by atoms with Gasteiger partial charge in [-0.2, -0.15) is 0 Å². The van der Waals surface area contributed by atoms with E-state index in [4.69, 9.17) is 9.72 Å². The normalized spacial score (nSPS) is 16.2. The Labute approximate surface area is 187 Å². The molecule has 3 rings (SSSR count). The number of aliphatic hydroxyl groups excluding tert-OH is 1. The smallest absolute Gasteiger partial charge is 0.136 e. The molecule has 1 N–H and O–H groups in total. The van der Waals surface area contributed by atoms with Gasteiger partial charge in [0.15, 0.2) is 0 Å². The predicted molar refractivity (Wildman–Crippen MR) is 126 cm³/mol. The number of hydrogen-bond donors (Lipinski definition) is 1. The molecule has 0 amide bonds.